The van der Waals surface area contributed by atoms with Crippen LogP contribution in [-0.2, 0) is 6.54 Å². The summed E-state index contributed by atoms with van der Waals surface area (Å²) in [5.74, 6) is 0.00807. The lowest BCUT2D eigenvalue weighted by atomic mass is 10.1. The zero-order valence-electron chi connectivity index (χ0n) is 10.7. The molecule has 2 rings (SSSR count). The Morgan fingerprint density at radius 2 is 1.90 bits per heavy atom. The van der Waals surface area contributed by atoms with Gasteiger partial charge in [0, 0.05) is 17.0 Å². The molecule has 0 aliphatic heterocycles. The molecule has 106 valence electrons. The minimum absolute atomic E-state index is 0.00807. The van der Waals surface area contributed by atoms with Crippen molar-refractivity contribution in [1.29, 1.82) is 0 Å². The molecular formula is C14H12Cl3NOS. The monoisotopic (exact) mass is 347 g/mol. The van der Waals surface area contributed by atoms with Crippen LogP contribution in [0.25, 0.3) is 0 Å². The number of hydrogen-bond acceptors (Lipinski definition) is 3. The molecule has 0 spiro atoms. The van der Waals surface area contributed by atoms with Crippen molar-refractivity contribution in [3.05, 3.63) is 55.2 Å². The molecule has 1 aromatic heterocycles. The summed E-state index contributed by atoms with van der Waals surface area (Å²) in [4.78, 5) is 15.2. The van der Waals surface area contributed by atoms with Crippen molar-refractivity contribution in [1.82, 2.24) is 4.90 Å². The number of carbonyl (C=O) groups excluding carboxylic acids is 1. The lowest BCUT2D eigenvalue weighted by molar-refractivity contribution is 0.0943. The summed E-state index contributed by atoms with van der Waals surface area (Å²) in [6.45, 7) is 0.998. The van der Waals surface area contributed by atoms with E-state index < -0.39 is 0 Å². The molecule has 6 heteroatoms. The quantitative estimate of drug-likeness (QED) is 0.707. The SMILES string of the molecule is CN(CC(=O)c1ccc(Cl)c(Cl)c1)Cc1ccc(Cl)s1. The van der Waals surface area contributed by atoms with E-state index in [9.17, 15) is 4.79 Å². The Kier molecular flexibility index (Phi) is 5.47. The number of carbonyl (C=O) groups is 1. The van der Waals surface area contributed by atoms with Gasteiger partial charge >= 0.3 is 0 Å². The Bertz CT molecular complexity index is 627. The maximum atomic E-state index is 12.1. The van der Waals surface area contributed by atoms with Crippen molar-refractivity contribution in [2.75, 3.05) is 13.6 Å². The Balaban J connectivity index is 1.98. The largest absolute Gasteiger partial charge is 0.294 e. The van der Waals surface area contributed by atoms with Crippen molar-refractivity contribution in [3.8, 4) is 0 Å². The molecule has 20 heavy (non-hydrogen) atoms. The summed E-state index contributed by atoms with van der Waals surface area (Å²) < 4.78 is 0.754. The number of ketones is 1. The molecule has 1 aromatic carbocycles. The van der Waals surface area contributed by atoms with Crippen LogP contribution in [0.5, 0.6) is 0 Å². The number of nitrogens with zero attached hydrogens (tertiary/aromatic N) is 1. The molecule has 0 aliphatic rings. The summed E-state index contributed by atoms with van der Waals surface area (Å²) in [6, 6.07) is 8.74. The molecule has 1 heterocycles. The van der Waals surface area contributed by atoms with Gasteiger partial charge < -0.3 is 0 Å². The second-order valence-corrected chi connectivity index (χ2v) is 7.04. The van der Waals surface area contributed by atoms with Crippen LogP contribution in [0.15, 0.2) is 30.3 Å². The molecule has 0 atom stereocenters. The predicted octanol–water partition coefficient (Wildman–Crippen LogP) is 5.02. The van der Waals surface area contributed by atoms with Crippen molar-refractivity contribution in [2.24, 2.45) is 0 Å². The predicted molar refractivity (Wildman–Crippen MR) is 86.5 cm³/mol. The molecular weight excluding hydrogens is 337 g/mol. The molecule has 0 aliphatic carbocycles. The number of Topliss-reactive ketones (excluding diaryl/α,β-unsaturated/α-hetero) is 1. The Labute approximate surface area is 136 Å². The van der Waals surface area contributed by atoms with E-state index in [1.54, 1.807) is 18.2 Å². The summed E-state index contributed by atoms with van der Waals surface area (Å²) >= 11 is 19.2. The summed E-state index contributed by atoms with van der Waals surface area (Å²) in [5.41, 5.74) is 0.565. The standard InChI is InChI=1S/C14H12Cl3NOS/c1-18(7-10-3-5-14(17)20-10)8-13(19)9-2-4-11(15)12(16)6-9/h2-6H,7-8H2,1H3. The molecule has 0 fully saturated rings. The van der Waals surface area contributed by atoms with Gasteiger partial charge in [0.1, 0.15) is 0 Å². The highest BCUT2D eigenvalue weighted by atomic mass is 35.5. The van der Waals surface area contributed by atoms with Crippen LogP contribution >= 0.6 is 46.1 Å². The van der Waals surface area contributed by atoms with Crippen LogP contribution in [0.2, 0.25) is 14.4 Å². The number of thiophene rings is 1. The molecule has 2 nitrogen and oxygen atoms in total. The van der Waals surface area contributed by atoms with Crippen molar-refractivity contribution in [2.45, 2.75) is 6.54 Å². The molecule has 0 N–H and O–H groups in total. The van der Waals surface area contributed by atoms with Gasteiger partial charge in [-0.25, -0.2) is 0 Å². The van der Waals surface area contributed by atoms with E-state index in [4.69, 9.17) is 34.8 Å². The van der Waals surface area contributed by atoms with Crippen LogP contribution in [-0.4, -0.2) is 24.3 Å². The zero-order chi connectivity index (χ0) is 14.7. The van der Waals surface area contributed by atoms with E-state index in [1.807, 2.05) is 24.1 Å². The average molecular weight is 349 g/mol. The Morgan fingerprint density at radius 1 is 1.15 bits per heavy atom. The lowest BCUT2D eigenvalue weighted by Gasteiger charge is -2.14. The molecule has 0 saturated heterocycles. The third kappa shape index (κ3) is 4.21. The van der Waals surface area contributed by atoms with E-state index in [-0.39, 0.29) is 5.78 Å². The first kappa shape index (κ1) is 15.8. The van der Waals surface area contributed by atoms with Gasteiger partial charge in [-0.1, -0.05) is 34.8 Å². The van der Waals surface area contributed by atoms with Gasteiger partial charge in [0.15, 0.2) is 5.78 Å². The van der Waals surface area contributed by atoms with Crippen molar-refractivity contribution in [3.63, 3.8) is 0 Å². The van der Waals surface area contributed by atoms with Gasteiger partial charge in [-0.3, -0.25) is 9.69 Å². The Morgan fingerprint density at radius 3 is 2.50 bits per heavy atom. The fourth-order valence-electron chi connectivity index (χ4n) is 1.76. The molecule has 0 amide bonds. The van der Waals surface area contributed by atoms with Gasteiger partial charge in [0.05, 0.1) is 20.9 Å². The topological polar surface area (TPSA) is 20.3 Å². The fourth-order valence-corrected chi connectivity index (χ4v) is 3.23. The van der Waals surface area contributed by atoms with Crippen molar-refractivity contribution >= 4 is 51.9 Å². The first-order valence-corrected chi connectivity index (χ1v) is 7.82. The number of rotatable bonds is 5. The second kappa shape index (κ2) is 6.92. The highest BCUT2D eigenvalue weighted by molar-refractivity contribution is 7.16. The summed E-state index contributed by atoms with van der Waals surface area (Å²) in [7, 11) is 1.89. The maximum absolute atomic E-state index is 12.1. The lowest BCUT2D eigenvalue weighted by Crippen LogP contribution is -2.25. The minimum atomic E-state index is 0.00807. The van der Waals surface area contributed by atoms with E-state index in [1.165, 1.54) is 11.3 Å². The van der Waals surface area contributed by atoms with Gasteiger partial charge in [0.25, 0.3) is 0 Å². The average Bonchev–Trinajstić information content (AvgIpc) is 2.77. The highest BCUT2D eigenvalue weighted by Crippen LogP contribution is 2.24. The normalized spacial score (nSPS) is 11.1. The zero-order valence-corrected chi connectivity index (χ0v) is 13.8. The number of likely N-dealkylation sites (N-methyl/N-ethyl adjacent to an activating group) is 1. The van der Waals surface area contributed by atoms with Gasteiger partial charge in [-0.2, -0.15) is 0 Å². The summed E-state index contributed by atoms with van der Waals surface area (Å²) in [5, 5.41) is 0.843. The first-order valence-electron chi connectivity index (χ1n) is 5.86. The van der Waals surface area contributed by atoms with E-state index in [2.05, 4.69) is 0 Å². The van der Waals surface area contributed by atoms with Crippen LogP contribution in [0, 0.1) is 0 Å². The van der Waals surface area contributed by atoms with Gasteiger partial charge in [0.2, 0.25) is 0 Å². The number of halogens is 3. The van der Waals surface area contributed by atoms with Crippen LogP contribution < -0.4 is 0 Å². The molecule has 0 unspecified atom stereocenters. The first-order chi connectivity index (χ1) is 9.45. The van der Waals surface area contributed by atoms with E-state index >= 15 is 0 Å². The third-order valence-corrected chi connectivity index (χ3v) is 4.66. The maximum Gasteiger partial charge on any atom is 0.176 e. The minimum Gasteiger partial charge on any atom is -0.294 e. The highest BCUT2D eigenvalue weighted by Gasteiger charge is 2.12. The van der Waals surface area contributed by atoms with Gasteiger partial charge in [-0.05, 0) is 37.4 Å². The second-order valence-electron chi connectivity index (χ2n) is 4.43. The van der Waals surface area contributed by atoms with Crippen LogP contribution in [0.4, 0.5) is 0 Å². The smallest absolute Gasteiger partial charge is 0.176 e. The molecule has 0 radical (unpaired) electrons. The van der Waals surface area contributed by atoms with Gasteiger partial charge in [-0.15, -0.1) is 11.3 Å². The Hall–Kier alpha value is -0.580. The van der Waals surface area contributed by atoms with E-state index in [0.29, 0.717) is 28.7 Å². The molecule has 2 aromatic rings. The number of hydrogen-bond donors (Lipinski definition) is 0. The molecule has 0 saturated carbocycles. The fraction of sp³-hybridized carbons (Fsp3) is 0.214. The summed E-state index contributed by atoms with van der Waals surface area (Å²) in [6.07, 6.45) is 0. The third-order valence-electron chi connectivity index (χ3n) is 2.71. The van der Waals surface area contributed by atoms with Crippen LogP contribution in [0.1, 0.15) is 15.2 Å². The number of benzene rings is 1. The van der Waals surface area contributed by atoms with E-state index in [0.717, 1.165) is 9.21 Å². The molecule has 0 bridgehead atoms. The van der Waals surface area contributed by atoms with Crippen LogP contribution in [0.3, 0.4) is 0 Å². The van der Waals surface area contributed by atoms with Crippen molar-refractivity contribution < 1.29 is 4.79 Å².